The number of fused-ring (bicyclic) bond motifs is 5. The average molecular weight is 524 g/mol. The van der Waals surface area contributed by atoms with Crippen molar-refractivity contribution in [3.8, 4) is 0 Å². The first-order chi connectivity index (χ1) is 17.0. The van der Waals surface area contributed by atoms with Crippen molar-refractivity contribution in [1.82, 2.24) is 16.2 Å². The Morgan fingerprint density at radius 1 is 0.944 bits per heavy atom. The van der Waals surface area contributed by atoms with Crippen LogP contribution in [0.25, 0.3) is 0 Å². The zero-order chi connectivity index (χ0) is 26.0. The Bertz CT molecular complexity index is 839. The third kappa shape index (κ3) is 6.18. The van der Waals surface area contributed by atoms with Gasteiger partial charge in [0.15, 0.2) is 6.23 Å². The van der Waals surface area contributed by atoms with Crippen molar-refractivity contribution in [2.75, 3.05) is 0 Å². The number of halogens is 6. The molecule has 3 heterocycles. The lowest BCUT2D eigenvalue weighted by atomic mass is 9.81. The molecule has 5 nitrogen and oxygen atoms in total. The smallest absolute Gasteiger partial charge is 0.357 e. The normalized spacial score (nSPS) is 36.9. The number of rotatable bonds is 3. The van der Waals surface area contributed by atoms with Gasteiger partial charge < -0.3 is 14.8 Å². The topological polar surface area (TPSA) is 54.5 Å². The number of benzene rings is 1. The van der Waals surface area contributed by atoms with Crippen LogP contribution in [0.3, 0.4) is 0 Å². The second kappa shape index (κ2) is 11.1. The maximum Gasteiger partial charge on any atom is 0.421 e. The molecule has 3 saturated heterocycles. The molecule has 3 fully saturated rings. The van der Waals surface area contributed by atoms with Crippen LogP contribution in [0, 0.1) is 11.8 Å². The Morgan fingerprint density at radius 3 is 2.39 bits per heavy atom. The molecule has 11 heteroatoms. The Morgan fingerprint density at radius 2 is 1.69 bits per heavy atom. The van der Waals surface area contributed by atoms with Crippen molar-refractivity contribution in [1.29, 1.82) is 0 Å². The van der Waals surface area contributed by atoms with Gasteiger partial charge >= 0.3 is 12.4 Å². The minimum Gasteiger partial charge on any atom is -0.357 e. The predicted octanol–water partition coefficient (Wildman–Crippen LogP) is 5.57. The van der Waals surface area contributed by atoms with Gasteiger partial charge in [0.05, 0.1) is 12.5 Å². The van der Waals surface area contributed by atoms with Crippen molar-refractivity contribution in [2.45, 2.75) is 107 Å². The van der Waals surface area contributed by atoms with Crippen molar-refractivity contribution in [2.24, 2.45) is 11.8 Å². The highest BCUT2D eigenvalue weighted by molar-refractivity contribution is 5.14. The zero-order valence-corrected chi connectivity index (χ0v) is 20.3. The van der Waals surface area contributed by atoms with Gasteiger partial charge in [0, 0.05) is 12.1 Å². The van der Waals surface area contributed by atoms with Gasteiger partial charge in [0.2, 0.25) is 5.60 Å². The van der Waals surface area contributed by atoms with Crippen LogP contribution in [0.2, 0.25) is 0 Å². The molecule has 3 N–H and O–H groups in total. The summed E-state index contributed by atoms with van der Waals surface area (Å²) in [7, 11) is 0. The summed E-state index contributed by atoms with van der Waals surface area (Å²) in [5.74, 6) is -1.48. The van der Waals surface area contributed by atoms with Crippen LogP contribution in [0.1, 0.15) is 63.9 Å². The molecule has 0 spiro atoms. The lowest BCUT2D eigenvalue weighted by molar-refractivity contribution is -0.320. The molecular formula is C25H35F6N3O2. The van der Waals surface area contributed by atoms with E-state index in [9.17, 15) is 26.3 Å². The monoisotopic (exact) mass is 523 g/mol. The lowest BCUT2D eigenvalue weighted by Gasteiger charge is -2.42. The molecule has 36 heavy (non-hydrogen) atoms. The molecule has 4 bridgehead atoms. The molecule has 7 atom stereocenters. The number of hydrogen-bond acceptors (Lipinski definition) is 5. The fourth-order valence-corrected chi connectivity index (χ4v) is 5.74. The number of nitrogens with one attached hydrogen (secondary N) is 3. The second-order valence-corrected chi connectivity index (χ2v) is 10.4. The summed E-state index contributed by atoms with van der Waals surface area (Å²) in [5, 5.41) is 3.08. The molecule has 0 amide bonds. The number of hydrazine groups is 1. The molecule has 0 radical (unpaired) electrons. The van der Waals surface area contributed by atoms with E-state index in [0.29, 0.717) is 31.2 Å². The van der Waals surface area contributed by atoms with E-state index < -0.39 is 48.4 Å². The summed E-state index contributed by atoms with van der Waals surface area (Å²) in [5.41, 5.74) is 3.39. The van der Waals surface area contributed by atoms with Crippen LogP contribution in [0.15, 0.2) is 30.3 Å². The predicted molar refractivity (Wildman–Crippen MR) is 121 cm³/mol. The van der Waals surface area contributed by atoms with E-state index in [1.807, 2.05) is 6.92 Å². The molecular weight excluding hydrogens is 488 g/mol. The molecule has 3 aliphatic heterocycles. The maximum atomic E-state index is 14.7. The summed E-state index contributed by atoms with van der Waals surface area (Å²) in [6, 6.07) is 7.25. The van der Waals surface area contributed by atoms with E-state index in [2.05, 4.69) is 16.2 Å². The summed E-state index contributed by atoms with van der Waals surface area (Å²) in [6.45, 7) is 1.66. The Labute approximate surface area is 207 Å². The fraction of sp³-hybridized carbons (Fsp3) is 0.760. The van der Waals surface area contributed by atoms with E-state index >= 15 is 0 Å². The number of piperidine rings is 1. The van der Waals surface area contributed by atoms with Crippen LogP contribution in [0.4, 0.5) is 26.3 Å². The van der Waals surface area contributed by atoms with E-state index in [1.54, 1.807) is 30.3 Å². The molecule has 0 saturated carbocycles. The van der Waals surface area contributed by atoms with Crippen molar-refractivity contribution in [3.05, 3.63) is 35.9 Å². The first kappa shape index (κ1) is 27.6. The Balaban J connectivity index is 1.59. The molecule has 0 aromatic heterocycles. The standard InChI is InChI=1S/C25H35F6N3O2/c1-16-8-4-3-7-13-23(25(29,30)31,35-15-17-9-5-2-6-10-17)22-34-33-21(36-22)19-12-11-18(24(26,27)28)20(14-16)32-19/h2,5-6,9-10,16,18-22,32-34H,3-4,7-8,11-15H2,1H3/t16?,18?,19?,20?,21?,22?,23-/m1/s1. The molecule has 1 aromatic rings. The Hall–Kier alpha value is -1.40. The van der Waals surface area contributed by atoms with Crippen LogP contribution in [0.5, 0.6) is 0 Å². The van der Waals surface area contributed by atoms with Crippen LogP contribution < -0.4 is 16.2 Å². The highest BCUT2D eigenvalue weighted by atomic mass is 19.4. The van der Waals surface area contributed by atoms with Gasteiger partial charge in [-0.25, -0.2) is 10.9 Å². The van der Waals surface area contributed by atoms with E-state index in [1.165, 1.54) is 0 Å². The summed E-state index contributed by atoms with van der Waals surface area (Å²) in [6.07, 6.45) is -9.38. The van der Waals surface area contributed by atoms with Gasteiger partial charge in [0.25, 0.3) is 0 Å². The maximum absolute atomic E-state index is 14.7. The second-order valence-electron chi connectivity index (χ2n) is 10.4. The molecule has 4 rings (SSSR count). The molecule has 6 unspecified atom stereocenters. The number of hydrogen-bond donors (Lipinski definition) is 3. The highest BCUT2D eigenvalue weighted by Crippen LogP contribution is 2.44. The third-order valence-corrected chi connectivity index (χ3v) is 7.77. The van der Waals surface area contributed by atoms with Crippen molar-refractivity contribution >= 4 is 0 Å². The quantitative estimate of drug-likeness (QED) is 0.453. The molecule has 1 aromatic carbocycles. The van der Waals surface area contributed by atoms with E-state index in [0.717, 1.165) is 0 Å². The summed E-state index contributed by atoms with van der Waals surface area (Å²) < 4.78 is 96.9. The average Bonchev–Trinajstić information content (AvgIpc) is 3.30. The van der Waals surface area contributed by atoms with Crippen LogP contribution in [-0.4, -0.2) is 42.5 Å². The van der Waals surface area contributed by atoms with Crippen LogP contribution in [-0.2, 0) is 16.1 Å². The minimum absolute atomic E-state index is 0.0130. The van der Waals surface area contributed by atoms with Gasteiger partial charge in [-0.3, -0.25) is 0 Å². The van der Waals surface area contributed by atoms with Crippen LogP contribution >= 0.6 is 0 Å². The van der Waals surface area contributed by atoms with Crippen molar-refractivity contribution in [3.63, 3.8) is 0 Å². The molecule has 204 valence electrons. The van der Waals surface area contributed by atoms with Gasteiger partial charge in [-0.15, -0.1) is 0 Å². The third-order valence-electron chi connectivity index (χ3n) is 7.77. The summed E-state index contributed by atoms with van der Waals surface area (Å²) in [4.78, 5) is 0. The zero-order valence-electron chi connectivity index (χ0n) is 20.3. The van der Waals surface area contributed by atoms with Gasteiger partial charge in [-0.1, -0.05) is 62.9 Å². The van der Waals surface area contributed by atoms with Gasteiger partial charge in [0.1, 0.15) is 6.23 Å². The first-order valence-corrected chi connectivity index (χ1v) is 12.7. The van der Waals surface area contributed by atoms with Gasteiger partial charge in [-0.05, 0) is 37.2 Å². The number of ether oxygens (including phenoxy) is 2. The summed E-state index contributed by atoms with van der Waals surface area (Å²) >= 11 is 0. The minimum atomic E-state index is -4.75. The Kier molecular flexibility index (Phi) is 8.55. The number of alkyl halides is 6. The molecule has 3 aliphatic rings. The van der Waals surface area contributed by atoms with Gasteiger partial charge in [-0.2, -0.15) is 26.3 Å². The van der Waals surface area contributed by atoms with Crippen molar-refractivity contribution < 1.29 is 35.8 Å². The largest absolute Gasteiger partial charge is 0.421 e. The highest BCUT2D eigenvalue weighted by Gasteiger charge is 2.63. The fourth-order valence-electron chi connectivity index (χ4n) is 5.74. The van der Waals surface area contributed by atoms with E-state index in [-0.39, 0.29) is 38.2 Å². The SMILES string of the molecule is CC1CCCCC[C@](OCc2ccccc2)(C(F)(F)F)C2NNC(O2)C2CCC(C(F)(F)F)C(C1)N2. The van der Waals surface area contributed by atoms with E-state index in [4.69, 9.17) is 9.47 Å². The first-order valence-electron chi connectivity index (χ1n) is 12.7. The lowest BCUT2D eigenvalue weighted by Crippen LogP contribution is -2.61. The molecule has 0 aliphatic carbocycles.